The molecule has 3 heterocycles. The molecule has 0 spiro atoms. The summed E-state index contributed by atoms with van der Waals surface area (Å²) in [6.45, 7) is 6.96. The van der Waals surface area contributed by atoms with Gasteiger partial charge in [-0.05, 0) is 43.5 Å². The number of nitrogens with zero attached hydrogens (tertiary/aromatic N) is 3. The molecule has 0 unspecified atom stereocenters. The molecule has 1 aromatic carbocycles. The molecule has 0 aliphatic carbocycles. The van der Waals surface area contributed by atoms with Crippen molar-refractivity contribution in [1.29, 1.82) is 0 Å². The van der Waals surface area contributed by atoms with E-state index in [9.17, 15) is 5.11 Å². The Balaban J connectivity index is 1.61. The Morgan fingerprint density at radius 3 is 2.73 bits per heavy atom. The second-order valence-electron chi connectivity index (χ2n) is 8.29. The zero-order chi connectivity index (χ0) is 21.1. The first-order valence-electron chi connectivity index (χ1n) is 10.5. The van der Waals surface area contributed by atoms with Crippen molar-refractivity contribution < 1.29 is 5.11 Å². The van der Waals surface area contributed by atoms with E-state index < -0.39 is 5.60 Å². The van der Waals surface area contributed by atoms with Crippen LogP contribution in [-0.4, -0.2) is 44.9 Å². The third-order valence-corrected chi connectivity index (χ3v) is 6.04. The van der Waals surface area contributed by atoms with Crippen LogP contribution in [0, 0.1) is 0 Å². The van der Waals surface area contributed by atoms with Crippen LogP contribution in [0.25, 0.3) is 5.65 Å². The van der Waals surface area contributed by atoms with Crippen LogP contribution in [0.5, 0.6) is 0 Å². The summed E-state index contributed by atoms with van der Waals surface area (Å²) in [7, 11) is 0. The molecule has 0 bridgehead atoms. The zero-order valence-electron chi connectivity index (χ0n) is 17.5. The Bertz CT molecular complexity index is 1010. The molecule has 7 nitrogen and oxygen atoms in total. The number of rotatable bonds is 7. The van der Waals surface area contributed by atoms with Gasteiger partial charge in [-0.3, -0.25) is 0 Å². The van der Waals surface area contributed by atoms with E-state index in [2.05, 4.69) is 34.9 Å². The van der Waals surface area contributed by atoms with Gasteiger partial charge in [0, 0.05) is 29.7 Å². The van der Waals surface area contributed by atoms with Crippen molar-refractivity contribution in [2.75, 3.05) is 30.3 Å². The largest absolute Gasteiger partial charge is 0.388 e. The molecule has 1 fully saturated rings. The Morgan fingerprint density at radius 1 is 1.23 bits per heavy atom. The molecule has 8 heteroatoms. The molecule has 4 N–H and O–H groups in total. The lowest BCUT2D eigenvalue weighted by molar-refractivity contribution is 0.0231. The third kappa shape index (κ3) is 4.53. The average Bonchev–Trinajstić information content (AvgIpc) is 3.17. The molecule has 0 saturated carbocycles. The number of piperidine rings is 1. The summed E-state index contributed by atoms with van der Waals surface area (Å²) in [5.41, 5.74) is 2.19. The maximum absolute atomic E-state index is 10.8. The highest BCUT2D eigenvalue weighted by atomic mass is 35.5. The minimum atomic E-state index is -0.717. The summed E-state index contributed by atoms with van der Waals surface area (Å²) in [5, 5.41) is 26.2. The first kappa shape index (κ1) is 20.9. The van der Waals surface area contributed by atoms with Crippen molar-refractivity contribution in [3.05, 3.63) is 52.7 Å². The van der Waals surface area contributed by atoms with Gasteiger partial charge in [0.15, 0.2) is 5.65 Å². The first-order chi connectivity index (χ1) is 14.5. The van der Waals surface area contributed by atoms with E-state index >= 15 is 0 Å². The summed E-state index contributed by atoms with van der Waals surface area (Å²) in [4.78, 5) is 4.80. The molecule has 3 aromatic rings. The highest BCUT2D eigenvalue weighted by molar-refractivity contribution is 6.31. The predicted molar refractivity (Wildman–Crippen MR) is 121 cm³/mol. The number of anilines is 2. The fourth-order valence-corrected chi connectivity index (χ4v) is 3.96. The highest BCUT2D eigenvalue weighted by Gasteiger charge is 2.29. The van der Waals surface area contributed by atoms with Gasteiger partial charge in [0.05, 0.1) is 11.8 Å². The van der Waals surface area contributed by atoms with Gasteiger partial charge in [0.2, 0.25) is 0 Å². The maximum Gasteiger partial charge on any atom is 0.163 e. The van der Waals surface area contributed by atoms with Gasteiger partial charge in [0.1, 0.15) is 11.6 Å². The van der Waals surface area contributed by atoms with Crippen LogP contribution in [0.1, 0.15) is 43.7 Å². The van der Waals surface area contributed by atoms with Gasteiger partial charge in [-0.15, -0.1) is 0 Å². The summed E-state index contributed by atoms with van der Waals surface area (Å²) in [6.07, 6.45) is 3.32. The Morgan fingerprint density at radius 2 is 2.00 bits per heavy atom. The smallest absolute Gasteiger partial charge is 0.163 e. The molecule has 1 aliphatic heterocycles. The number of halogens is 1. The number of nitrogens with one attached hydrogen (secondary N) is 3. The number of fused-ring (bicyclic) bond motifs is 1. The van der Waals surface area contributed by atoms with E-state index in [1.165, 1.54) is 0 Å². The van der Waals surface area contributed by atoms with Crippen molar-refractivity contribution in [2.45, 2.75) is 44.8 Å². The molecule has 1 aliphatic rings. The topological polar surface area (TPSA) is 86.5 Å². The maximum atomic E-state index is 10.8. The number of benzene rings is 1. The quantitative estimate of drug-likeness (QED) is 0.459. The van der Waals surface area contributed by atoms with Gasteiger partial charge in [-0.2, -0.15) is 9.61 Å². The van der Waals surface area contributed by atoms with Crippen LogP contribution in [0.4, 0.5) is 11.6 Å². The minimum Gasteiger partial charge on any atom is -0.388 e. The normalized spacial score (nSPS) is 16.2. The Hall–Kier alpha value is -2.35. The second-order valence-corrected chi connectivity index (χ2v) is 8.70. The van der Waals surface area contributed by atoms with Crippen molar-refractivity contribution >= 4 is 28.9 Å². The SMILES string of the molecule is CC(C)c1cnn2c(NCc3ccccc3Cl)cc(NCC3(O)CCNCC3)nc12. The first-order valence-corrected chi connectivity index (χ1v) is 10.9. The molecule has 160 valence electrons. The highest BCUT2D eigenvalue weighted by Crippen LogP contribution is 2.26. The summed E-state index contributed by atoms with van der Waals surface area (Å²) in [5.74, 6) is 1.85. The molecular formula is C22H29ClN6O. The lowest BCUT2D eigenvalue weighted by atomic mass is 9.92. The lowest BCUT2D eigenvalue weighted by Gasteiger charge is -2.32. The van der Waals surface area contributed by atoms with E-state index in [-0.39, 0.29) is 0 Å². The van der Waals surface area contributed by atoms with Gasteiger partial charge >= 0.3 is 0 Å². The number of hydrogen-bond donors (Lipinski definition) is 4. The molecular weight excluding hydrogens is 400 g/mol. The number of aromatic nitrogens is 3. The van der Waals surface area contributed by atoms with Gasteiger partial charge in [-0.1, -0.05) is 43.6 Å². The van der Waals surface area contributed by atoms with Crippen LogP contribution in [0.15, 0.2) is 36.5 Å². The van der Waals surface area contributed by atoms with Crippen molar-refractivity contribution in [3.8, 4) is 0 Å². The molecule has 4 rings (SSSR count). The number of aliphatic hydroxyl groups is 1. The molecule has 1 saturated heterocycles. The van der Waals surface area contributed by atoms with Crippen molar-refractivity contribution in [3.63, 3.8) is 0 Å². The van der Waals surface area contributed by atoms with Crippen LogP contribution in [-0.2, 0) is 6.54 Å². The van der Waals surface area contributed by atoms with Gasteiger partial charge in [-0.25, -0.2) is 4.98 Å². The lowest BCUT2D eigenvalue weighted by Crippen LogP contribution is -2.46. The predicted octanol–water partition coefficient (Wildman–Crippen LogP) is 3.64. The second kappa shape index (κ2) is 8.79. The molecule has 0 amide bonds. The van der Waals surface area contributed by atoms with Crippen molar-refractivity contribution in [1.82, 2.24) is 19.9 Å². The van der Waals surface area contributed by atoms with Crippen molar-refractivity contribution in [2.24, 2.45) is 0 Å². The van der Waals surface area contributed by atoms with Crippen LogP contribution in [0.3, 0.4) is 0 Å². The Kier molecular flexibility index (Phi) is 6.13. The zero-order valence-corrected chi connectivity index (χ0v) is 18.2. The van der Waals surface area contributed by atoms with E-state index in [1.54, 1.807) is 0 Å². The van der Waals surface area contributed by atoms with Crippen LogP contribution >= 0.6 is 11.6 Å². The van der Waals surface area contributed by atoms with Crippen LogP contribution < -0.4 is 16.0 Å². The molecule has 30 heavy (non-hydrogen) atoms. The van der Waals surface area contributed by atoms with E-state index in [0.29, 0.717) is 19.0 Å². The van der Waals surface area contributed by atoms with E-state index in [1.807, 2.05) is 41.0 Å². The fraction of sp³-hybridized carbons (Fsp3) is 0.455. The summed E-state index contributed by atoms with van der Waals surface area (Å²) >= 11 is 6.32. The fourth-order valence-electron chi connectivity index (χ4n) is 3.76. The summed E-state index contributed by atoms with van der Waals surface area (Å²) in [6, 6.07) is 9.72. The van der Waals surface area contributed by atoms with E-state index in [0.717, 1.165) is 59.4 Å². The minimum absolute atomic E-state index is 0.301. The summed E-state index contributed by atoms with van der Waals surface area (Å²) < 4.78 is 1.83. The van der Waals surface area contributed by atoms with E-state index in [4.69, 9.17) is 16.6 Å². The van der Waals surface area contributed by atoms with Crippen LogP contribution in [0.2, 0.25) is 5.02 Å². The molecule has 0 radical (unpaired) electrons. The van der Waals surface area contributed by atoms with Gasteiger partial charge in [0.25, 0.3) is 0 Å². The number of hydrogen-bond acceptors (Lipinski definition) is 6. The monoisotopic (exact) mass is 428 g/mol. The third-order valence-electron chi connectivity index (χ3n) is 5.67. The molecule has 0 atom stereocenters. The Labute approximate surface area is 181 Å². The standard InChI is InChI=1S/C22H29ClN6O/c1-15(2)17-13-27-29-20(25-12-16-5-3-4-6-18(16)23)11-19(28-21(17)29)26-14-22(30)7-9-24-10-8-22/h3-6,11,13,15,24-25,30H,7-10,12,14H2,1-2H3,(H,26,28). The average molecular weight is 429 g/mol. The molecule has 2 aromatic heterocycles. The van der Waals surface area contributed by atoms with Gasteiger partial charge < -0.3 is 21.1 Å².